The van der Waals surface area contributed by atoms with E-state index in [1.807, 2.05) is 36.4 Å². The van der Waals surface area contributed by atoms with Crippen molar-refractivity contribution < 1.29 is 23.9 Å². The lowest BCUT2D eigenvalue weighted by Gasteiger charge is -2.26. The Morgan fingerprint density at radius 1 is 0.617 bits per heavy atom. The zero-order valence-electron chi connectivity index (χ0n) is 25.6. The van der Waals surface area contributed by atoms with E-state index >= 15 is 0 Å². The SMILES string of the molecule is O=C(CBr)c1ccc2c(c1)CCc1cc3c(cc1-2)CCCC3=O.O=C(CBr)c1ccc2c(c1)COc1cc3c(cc1-2)CCC(Br)C3=O. The maximum absolute atomic E-state index is 12.4. The molecule has 1 heterocycles. The van der Waals surface area contributed by atoms with Gasteiger partial charge < -0.3 is 4.74 Å². The van der Waals surface area contributed by atoms with Gasteiger partial charge in [0.15, 0.2) is 23.1 Å². The number of carbonyl (C=O) groups is 4. The first-order chi connectivity index (χ1) is 22.7. The van der Waals surface area contributed by atoms with Crippen LogP contribution in [0.4, 0.5) is 0 Å². The molecule has 8 rings (SSSR count). The normalized spacial score (nSPS) is 17.0. The van der Waals surface area contributed by atoms with Gasteiger partial charge in [-0.2, -0.15) is 0 Å². The maximum atomic E-state index is 12.4. The fourth-order valence-electron chi connectivity index (χ4n) is 7.13. The second-order valence-corrected chi connectivity index (χ2v) is 14.7. The Kier molecular flexibility index (Phi) is 9.20. The van der Waals surface area contributed by atoms with Crippen LogP contribution in [0.15, 0.2) is 60.7 Å². The smallest absolute Gasteiger partial charge is 0.176 e. The van der Waals surface area contributed by atoms with Crippen LogP contribution in [0.25, 0.3) is 22.3 Å². The van der Waals surface area contributed by atoms with Crippen LogP contribution in [0.5, 0.6) is 5.75 Å². The molecule has 0 aromatic heterocycles. The highest BCUT2D eigenvalue weighted by atomic mass is 79.9. The monoisotopic (exact) mass is 816 g/mol. The molecule has 8 heteroatoms. The standard InChI is InChI=1S/C20H17BrO2.C19H14Br2O3/c21-11-20(23)15-6-7-16-13(8-15)4-5-14-10-18-12(9-17(14)16)2-1-3-19(18)22;20-8-17(22)11-1-3-13-12(5-11)9-24-18-7-14-10(6-15(13)18)2-4-16(21)19(14)23/h6-10H,1-5,11H2;1,3,5-7,16H,2,4,8-9H2. The molecule has 0 amide bonds. The molecule has 5 nitrogen and oxygen atoms in total. The van der Waals surface area contributed by atoms with Crippen molar-refractivity contribution >= 4 is 70.9 Å². The Labute approximate surface area is 298 Å². The van der Waals surface area contributed by atoms with Crippen molar-refractivity contribution in [2.75, 3.05) is 10.7 Å². The van der Waals surface area contributed by atoms with Gasteiger partial charge in [-0.3, -0.25) is 19.2 Å². The Morgan fingerprint density at radius 2 is 1.19 bits per heavy atom. The van der Waals surface area contributed by atoms with Gasteiger partial charge in [0.05, 0.1) is 15.5 Å². The number of rotatable bonds is 4. The molecule has 4 aromatic rings. The fourth-order valence-corrected chi connectivity index (χ4v) is 8.25. The van der Waals surface area contributed by atoms with E-state index < -0.39 is 0 Å². The number of Topliss-reactive ketones (excluding diaryl/α,β-unsaturated/α-hetero) is 4. The quantitative estimate of drug-likeness (QED) is 0.152. The minimum atomic E-state index is -0.100. The van der Waals surface area contributed by atoms with Gasteiger partial charge >= 0.3 is 0 Å². The summed E-state index contributed by atoms with van der Waals surface area (Å²) in [5, 5.41) is 0.671. The van der Waals surface area contributed by atoms with Crippen molar-refractivity contribution in [3.8, 4) is 28.0 Å². The number of ether oxygens (including phenoxy) is 1. The van der Waals surface area contributed by atoms with Crippen LogP contribution < -0.4 is 4.74 Å². The first kappa shape index (κ1) is 32.4. The third kappa shape index (κ3) is 6.13. The first-order valence-electron chi connectivity index (χ1n) is 15.9. The van der Waals surface area contributed by atoms with Crippen LogP contribution in [-0.4, -0.2) is 38.6 Å². The van der Waals surface area contributed by atoms with Crippen molar-refractivity contribution in [2.45, 2.75) is 56.4 Å². The molecule has 4 aliphatic rings. The lowest BCUT2D eigenvalue weighted by Crippen LogP contribution is -2.23. The molecule has 0 bridgehead atoms. The van der Waals surface area contributed by atoms with Gasteiger partial charge in [-0.15, -0.1) is 0 Å². The van der Waals surface area contributed by atoms with E-state index in [1.54, 1.807) is 0 Å². The van der Waals surface area contributed by atoms with E-state index in [-0.39, 0.29) is 28.0 Å². The topological polar surface area (TPSA) is 77.5 Å². The molecule has 1 aliphatic heterocycles. The third-order valence-electron chi connectivity index (χ3n) is 9.63. The van der Waals surface area contributed by atoms with E-state index in [1.165, 1.54) is 27.8 Å². The van der Waals surface area contributed by atoms with Gasteiger partial charge in [0.2, 0.25) is 0 Å². The molecule has 1 unspecified atom stereocenters. The summed E-state index contributed by atoms with van der Waals surface area (Å²) < 4.78 is 5.88. The summed E-state index contributed by atoms with van der Waals surface area (Å²) in [7, 11) is 0. The minimum Gasteiger partial charge on any atom is -0.488 e. The number of ketones is 4. The molecule has 0 saturated heterocycles. The number of fused-ring (bicyclic) bond motifs is 8. The van der Waals surface area contributed by atoms with E-state index in [4.69, 9.17) is 4.74 Å². The Hall–Kier alpha value is -3.20. The molecule has 1 atom stereocenters. The largest absolute Gasteiger partial charge is 0.488 e. The highest BCUT2D eigenvalue weighted by Crippen LogP contribution is 2.42. The van der Waals surface area contributed by atoms with Crippen LogP contribution in [0.1, 0.15) is 88.5 Å². The average molecular weight is 819 g/mol. The molecule has 47 heavy (non-hydrogen) atoms. The summed E-state index contributed by atoms with van der Waals surface area (Å²) in [6.07, 6.45) is 6.19. The molecule has 0 radical (unpaired) electrons. The average Bonchev–Trinajstić information content (AvgIpc) is 3.11. The van der Waals surface area contributed by atoms with Gasteiger partial charge in [0, 0.05) is 34.2 Å². The summed E-state index contributed by atoms with van der Waals surface area (Å²) >= 11 is 9.89. The minimum absolute atomic E-state index is 0.0583. The molecule has 238 valence electrons. The van der Waals surface area contributed by atoms with Crippen LogP contribution in [0, 0.1) is 0 Å². The summed E-state index contributed by atoms with van der Waals surface area (Å²) in [5.74, 6) is 1.35. The molecule has 4 aromatic carbocycles. The predicted molar refractivity (Wildman–Crippen MR) is 194 cm³/mol. The second kappa shape index (κ2) is 13.4. The van der Waals surface area contributed by atoms with Gasteiger partial charge in [-0.05, 0) is 113 Å². The Morgan fingerprint density at radius 3 is 1.89 bits per heavy atom. The molecular weight excluding hydrogens is 788 g/mol. The third-order valence-corrected chi connectivity index (χ3v) is 11.5. The van der Waals surface area contributed by atoms with E-state index in [0.717, 1.165) is 83.2 Å². The van der Waals surface area contributed by atoms with Crippen molar-refractivity contribution in [2.24, 2.45) is 0 Å². The maximum Gasteiger partial charge on any atom is 0.176 e. The predicted octanol–water partition coefficient (Wildman–Crippen LogP) is 9.26. The zero-order chi connectivity index (χ0) is 32.8. The highest BCUT2D eigenvalue weighted by Gasteiger charge is 2.29. The van der Waals surface area contributed by atoms with Crippen molar-refractivity contribution in [3.05, 3.63) is 111 Å². The number of benzene rings is 4. The lowest BCUT2D eigenvalue weighted by molar-refractivity contribution is 0.0967. The lowest BCUT2D eigenvalue weighted by atomic mass is 9.79. The summed E-state index contributed by atoms with van der Waals surface area (Å²) in [4.78, 5) is 48.1. The molecule has 0 fully saturated rings. The Balaban J connectivity index is 0.000000150. The number of halogens is 3. The van der Waals surface area contributed by atoms with Gasteiger partial charge in [-0.25, -0.2) is 0 Å². The molecule has 0 spiro atoms. The number of carbonyl (C=O) groups excluding carboxylic acids is 4. The molecule has 0 N–H and O–H groups in total. The molecule has 3 aliphatic carbocycles. The van der Waals surface area contributed by atoms with Crippen molar-refractivity contribution in [1.29, 1.82) is 0 Å². The van der Waals surface area contributed by atoms with E-state index in [2.05, 4.69) is 72.1 Å². The van der Waals surface area contributed by atoms with E-state index in [0.29, 0.717) is 29.3 Å². The van der Waals surface area contributed by atoms with Gasteiger partial charge in [0.25, 0.3) is 0 Å². The number of alkyl halides is 3. The van der Waals surface area contributed by atoms with Gasteiger partial charge in [0.1, 0.15) is 12.4 Å². The van der Waals surface area contributed by atoms with Crippen LogP contribution in [0.3, 0.4) is 0 Å². The van der Waals surface area contributed by atoms with Gasteiger partial charge in [-0.1, -0.05) is 78.1 Å². The summed E-state index contributed by atoms with van der Waals surface area (Å²) in [5.41, 5.74) is 13.5. The molecular formula is C39H31Br3O5. The van der Waals surface area contributed by atoms with Crippen molar-refractivity contribution in [3.63, 3.8) is 0 Å². The second-order valence-electron chi connectivity index (χ2n) is 12.5. The van der Waals surface area contributed by atoms with E-state index in [9.17, 15) is 19.2 Å². The van der Waals surface area contributed by atoms with Crippen LogP contribution in [-0.2, 0) is 32.3 Å². The number of hydrogen-bond donors (Lipinski definition) is 0. The molecule has 0 saturated carbocycles. The Bertz CT molecular complexity index is 2000. The summed E-state index contributed by atoms with van der Waals surface area (Å²) in [6, 6.07) is 20.0. The highest BCUT2D eigenvalue weighted by molar-refractivity contribution is 9.10. The van der Waals surface area contributed by atoms with Crippen molar-refractivity contribution in [1.82, 2.24) is 0 Å². The first-order valence-corrected chi connectivity index (χ1v) is 19.0. The number of aryl methyl sites for hydroxylation is 4. The fraction of sp³-hybridized carbons (Fsp3) is 0.282. The summed E-state index contributed by atoms with van der Waals surface area (Å²) in [6.45, 7) is 0.413. The van der Waals surface area contributed by atoms with Crippen LogP contribution >= 0.6 is 47.8 Å². The zero-order valence-corrected chi connectivity index (χ0v) is 30.4. The number of hydrogen-bond acceptors (Lipinski definition) is 5. The van der Waals surface area contributed by atoms with Crippen LogP contribution in [0.2, 0.25) is 0 Å².